The van der Waals surface area contributed by atoms with E-state index in [0.29, 0.717) is 18.1 Å². The summed E-state index contributed by atoms with van der Waals surface area (Å²) in [4.78, 5) is 12.5. The molecule has 0 aliphatic rings. The Labute approximate surface area is 190 Å². The van der Waals surface area contributed by atoms with Crippen LogP contribution in [0.25, 0.3) is 10.8 Å². The van der Waals surface area contributed by atoms with Crippen LogP contribution in [0.5, 0.6) is 17.2 Å². The van der Waals surface area contributed by atoms with Gasteiger partial charge in [0.25, 0.3) is 5.91 Å². The lowest BCUT2D eigenvalue weighted by atomic mass is 10.1. The molecule has 3 rings (SSSR count). The number of phenols is 1. The van der Waals surface area contributed by atoms with E-state index in [9.17, 15) is 9.90 Å². The van der Waals surface area contributed by atoms with E-state index in [1.54, 1.807) is 18.2 Å². The summed E-state index contributed by atoms with van der Waals surface area (Å²) in [5, 5.41) is 15.9. The molecule has 0 heterocycles. The van der Waals surface area contributed by atoms with Crippen LogP contribution in [0, 0.1) is 0 Å². The van der Waals surface area contributed by atoms with Gasteiger partial charge in [0.1, 0.15) is 5.75 Å². The third-order valence-corrected chi connectivity index (χ3v) is 5.30. The third kappa shape index (κ3) is 5.55. The van der Waals surface area contributed by atoms with Gasteiger partial charge in [-0.05, 0) is 76.8 Å². The molecule has 162 valence electrons. The van der Waals surface area contributed by atoms with Crippen LogP contribution in [0.2, 0.25) is 0 Å². The normalized spacial score (nSPS) is 12.1. The zero-order valence-electron chi connectivity index (χ0n) is 17.7. The molecule has 0 aliphatic heterocycles. The minimum Gasteiger partial charge on any atom is -0.507 e. The third-order valence-electron chi connectivity index (χ3n) is 4.71. The summed E-state index contributed by atoms with van der Waals surface area (Å²) in [6.45, 7) is 6.44. The molecular weight excluding hydrogens is 460 g/mol. The number of benzene rings is 3. The van der Waals surface area contributed by atoms with Gasteiger partial charge >= 0.3 is 0 Å². The monoisotopic (exact) mass is 484 g/mol. The number of nitrogens with zero attached hydrogens (tertiary/aromatic N) is 1. The predicted octanol–water partition coefficient (Wildman–Crippen LogP) is 5.65. The Morgan fingerprint density at radius 3 is 2.58 bits per heavy atom. The largest absolute Gasteiger partial charge is 0.507 e. The van der Waals surface area contributed by atoms with E-state index in [1.165, 1.54) is 6.21 Å². The first-order valence-electron chi connectivity index (χ1n) is 10.1. The van der Waals surface area contributed by atoms with Gasteiger partial charge in [-0.15, -0.1) is 0 Å². The number of halogens is 1. The fourth-order valence-corrected chi connectivity index (χ4v) is 3.51. The van der Waals surface area contributed by atoms with E-state index in [0.717, 1.165) is 27.2 Å². The molecule has 0 bridgehead atoms. The van der Waals surface area contributed by atoms with Crippen molar-refractivity contribution >= 4 is 38.8 Å². The second kappa shape index (κ2) is 10.3. The number of nitrogens with one attached hydrogen (secondary N) is 1. The Kier molecular flexibility index (Phi) is 7.52. The molecule has 1 unspecified atom stereocenters. The lowest BCUT2D eigenvalue weighted by Crippen LogP contribution is -2.17. The summed E-state index contributed by atoms with van der Waals surface area (Å²) in [6.07, 6.45) is 2.43. The van der Waals surface area contributed by atoms with E-state index < -0.39 is 5.91 Å². The molecule has 3 aromatic rings. The average Bonchev–Trinajstić information content (AvgIpc) is 2.75. The number of hydrogen-bond acceptors (Lipinski definition) is 5. The number of phenolic OH excluding ortho intramolecular Hbond substituents is 1. The first-order valence-corrected chi connectivity index (χ1v) is 10.9. The Morgan fingerprint density at radius 2 is 1.90 bits per heavy atom. The van der Waals surface area contributed by atoms with Gasteiger partial charge in [-0.1, -0.05) is 31.2 Å². The number of ether oxygens (including phenoxy) is 2. The number of carbonyl (C=O) groups excluding carboxylic acids is 1. The van der Waals surface area contributed by atoms with Gasteiger partial charge in [0, 0.05) is 0 Å². The van der Waals surface area contributed by atoms with Gasteiger partial charge in [-0.2, -0.15) is 5.10 Å². The number of fused-ring (bicyclic) bond motifs is 1. The van der Waals surface area contributed by atoms with Crippen LogP contribution >= 0.6 is 15.9 Å². The molecule has 31 heavy (non-hydrogen) atoms. The van der Waals surface area contributed by atoms with Crippen molar-refractivity contribution in [2.24, 2.45) is 5.10 Å². The van der Waals surface area contributed by atoms with Gasteiger partial charge in [-0.3, -0.25) is 4.79 Å². The van der Waals surface area contributed by atoms with Crippen LogP contribution in [0.15, 0.2) is 58.1 Å². The molecule has 7 heteroatoms. The summed E-state index contributed by atoms with van der Waals surface area (Å²) in [7, 11) is 0. The second-order valence-electron chi connectivity index (χ2n) is 7.02. The van der Waals surface area contributed by atoms with Crippen molar-refractivity contribution in [2.75, 3.05) is 6.61 Å². The lowest BCUT2D eigenvalue weighted by Gasteiger charge is -2.18. The number of hydrogen-bond donors (Lipinski definition) is 2. The van der Waals surface area contributed by atoms with E-state index in [-0.39, 0.29) is 17.4 Å². The summed E-state index contributed by atoms with van der Waals surface area (Å²) >= 11 is 3.53. The minimum atomic E-state index is -0.500. The SMILES string of the molecule is CCOc1cc(C=NNC(=O)c2cc3ccccc3cc2O)cc(Br)c1OC(C)CC. The molecule has 0 radical (unpaired) electrons. The van der Waals surface area contributed by atoms with Crippen LogP contribution in [-0.4, -0.2) is 29.9 Å². The first kappa shape index (κ1) is 22.6. The van der Waals surface area contributed by atoms with Crippen molar-refractivity contribution < 1.29 is 19.4 Å². The van der Waals surface area contributed by atoms with Crippen molar-refractivity contribution in [3.05, 3.63) is 64.1 Å². The first-order chi connectivity index (χ1) is 14.9. The number of amides is 1. The van der Waals surface area contributed by atoms with Crippen molar-refractivity contribution in [3.63, 3.8) is 0 Å². The smallest absolute Gasteiger partial charge is 0.275 e. The Morgan fingerprint density at radius 1 is 1.19 bits per heavy atom. The van der Waals surface area contributed by atoms with Crippen molar-refractivity contribution in [3.8, 4) is 17.2 Å². The Hall–Kier alpha value is -3.06. The Bertz CT molecular complexity index is 1110. The molecule has 6 nitrogen and oxygen atoms in total. The van der Waals surface area contributed by atoms with Gasteiger partial charge in [0.2, 0.25) is 0 Å². The van der Waals surface area contributed by atoms with Gasteiger partial charge < -0.3 is 14.6 Å². The molecule has 3 aromatic carbocycles. The van der Waals surface area contributed by atoms with Crippen molar-refractivity contribution in [2.45, 2.75) is 33.3 Å². The highest BCUT2D eigenvalue weighted by Crippen LogP contribution is 2.37. The maximum Gasteiger partial charge on any atom is 0.275 e. The molecule has 0 fully saturated rings. The van der Waals surface area contributed by atoms with E-state index in [2.05, 4.69) is 33.4 Å². The molecule has 0 aromatic heterocycles. The maximum atomic E-state index is 12.5. The summed E-state index contributed by atoms with van der Waals surface area (Å²) < 4.78 is 12.4. The highest BCUT2D eigenvalue weighted by atomic mass is 79.9. The fourth-order valence-electron chi connectivity index (χ4n) is 2.96. The van der Waals surface area contributed by atoms with Crippen LogP contribution in [0.3, 0.4) is 0 Å². The molecular formula is C24H25BrN2O4. The van der Waals surface area contributed by atoms with Crippen LogP contribution < -0.4 is 14.9 Å². The van der Waals surface area contributed by atoms with Crippen LogP contribution in [0.1, 0.15) is 43.1 Å². The highest BCUT2D eigenvalue weighted by Gasteiger charge is 2.15. The topological polar surface area (TPSA) is 80.2 Å². The molecule has 0 saturated heterocycles. The van der Waals surface area contributed by atoms with Crippen LogP contribution in [-0.2, 0) is 0 Å². The average molecular weight is 485 g/mol. The lowest BCUT2D eigenvalue weighted by molar-refractivity contribution is 0.0952. The molecule has 0 aliphatic carbocycles. The fraction of sp³-hybridized carbons (Fsp3) is 0.250. The maximum absolute atomic E-state index is 12.5. The minimum absolute atomic E-state index is 0.0453. The number of rotatable bonds is 8. The van der Waals surface area contributed by atoms with E-state index >= 15 is 0 Å². The molecule has 0 saturated carbocycles. The summed E-state index contributed by atoms with van der Waals surface area (Å²) in [5.41, 5.74) is 3.34. The van der Waals surface area contributed by atoms with Crippen molar-refractivity contribution in [1.29, 1.82) is 0 Å². The predicted molar refractivity (Wildman–Crippen MR) is 126 cm³/mol. The van der Waals surface area contributed by atoms with Gasteiger partial charge in [0.05, 0.1) is 29.0 Å². The molecule has 1 atom stereocenters. The van der Waals surface area contributed by atoms with E-state index in [1.807, 2.05) is 44.2 Å². The summed E-state index contributed by atoms with van der Waals surface area (Å²) in [6, 6.07) is 14.3. The highest BCUT2D eigenvalue weighted by molar-refractivity contribution is 9.10. The van der Waals surface area contributed by atoms with Crippen LogP contribution in [0.4, 0.5) is 0 Å². The zero-order valence-corrected chi connectivity index (χ0v) is 19.3. The molecule has 2 N–H and O–H groups in total. The second-order valence-corrected chi connectivity index (χ2v) is 7.87. The summed E-state index contributed by atoms with van der Waals surface area (Å²) in [5.74, 6) is 0.634. The van der Waals surface area contributed by atoms with Gasteiger partial charge in [-0.25, -0.2) is 5.43 Å². The number of hydrazone groups is 1. The number of aromatic hydroxyl groups is 1. The molecule has 0 spiro atoms. The zero-order chi connectivity index (χ0) is 22.4. The number of carbonyl (C=O) groups is 1. The molecule has 1 amide bonds. The quantitative estimate of drug-likeness (QED) is 0.319. The van der Waals surface area contributed by atoms with E-state index in [4.69, 9.17) is 9.47 Å². The Balaban J connectivity index is 1.78. The van der Waals surface area contributed by atoms with Gasteiger partial charge in [0.15, 0.2) is 11.5 Å². The standard InChI is InChI=1S/C24H25BrN2O4/c1-4-15(3)31-23-20(25)10-16(11-22(23)30-5-2)14-26-27-24(29)19-12-17-8-6-7-9-18(17)13-21(19)28/h6-15,28H,4-5H2,1-3H3,(H,27,29). The van der Waals surface area contributed by atoms with Crippen molar-refractivity contribution in [1.82, 2.24) is 5.43 Å².